The maximum Gasteiger partial charge on any atom is 0.215 e. The molecule has 0 radical (unpaired) electrons. The van der Waals surface area contributed by atoms with Gasteiger partial charge < -0.3 is 4.74 Å². The molecule has 0 unspecified atom stereocenters. The van der Waals surface area contributed by atoms with E-state index in [1.54, 1.807) is 13.3 Å². The van der Waals surface area contributed by atoms with Crippen molar-refractivity contribution in [3.05, 3.63) is 23.4 Å². The van der Waals surface area contributed by atoms with Crippen LogP contribution in [0.1, 0.15) is 36.7 Å². The lowest BCUT2D eigenvalue weighted by Gasteiger charge is -2.16. The number of Topliss-reactive ketones (excluding diaryl/α,β-unsaturated/α-hetero) is 1. The first-order valence-electron chi connectivity index (χ1n) is 4.91. The smallest absolute Gasteiger partial charge is 0.215 e. The van der Waals surface area contributed by atoms with Gasteiger partial charge >= 0.3 is 0 Å². The first-order chi connectivity index (χ1) is 6.86. The van der Waals surface area contributed by atoms with Gasteiger partial charge in [-0.15, -0.1) is 0 Å². The zero-order valence-corrected chi connectivity index (χ0v) is 9.92. The van der Waals surface area contributed by atoms with Crippen molar-refractivity contribution < 1.29 is 9.53 Å². The van der Waals surface area contributed by atoms with Crippen molar-refractivity contribution >= 4 is 5.78 Å². The minimum absolute atomic E-state index is 0.0979. The van der Waals surface area contributed by atoms with Crippen LogP contribution in [-0.4, -0.2) is 17.9 Å². The number of hydrogen-bond donors (Lipinski definition) is 0. The highest BCUT2D eigenvalue weighted by atomic mass is 16.5. The molecular formula is C12H17NO2. The van der Waals surface area contributed by atoms with E-state index in [9.17, 15) is 4.79 Å². The largest absolute Gasteiger partial charge is 0.481 e. The second-order valence-corrected chi connectivity index (χ2v) is 4.63. The standard InChI is InChI=1S/C12H17NO2/c1-8-6-9(7-13-11(8)15-5)10(14)12(2,3)4/h6-7H,1-5H3. The molecular weight excluding hydrogens is 190 g/mol. The number of pyridine rings is 1. The van der Waals surface area contributed by atoms with Crippen molar-refractivity contribution in [1.29, 1.82) is 0 Å². The molecule has 1 aromatic heterocycles. The maximum atomic E-state index is 11.9. The number of aromatic nitrogens is 1. The summed E-state index contributed by atoms with van der Waals surface area (Å²) >= 11 is 0. The van der Waals surface area contributed by atoms with Gasteiger partial charge in [-0.1, -0.05) is 20.8 Å². The zero-order valence-electron chi connectivity index (χ0n) is 9.92. The fraction of sp³-hybridized carbons (Fsp3) is 0.500. The van der Waals surface area contributed by atoms with Gasteiger partial charge in [0.1, 0.15) is 0 Å². The van der Waals surface area contributed by atoms with Crippen LogP contribution in [0.15, 0.2) is 12.3 Å². The van der Waals surface area contributed by atoms with Gasteiger partial charge in [0.05, 0.1) is 7.11 Å². The highest BCUT2D eigenvalue weighted by molar-refractivity contribution is 5.99. The Bertz CT molecular complexity index is 378. The molecule has 1 heterocycles. The lowest BCUT2D eigenvalue weighted by atomic mass is 9.87. The highest BCUT2D eigenvalue weighted by Gasteiger charge is 2.23. The van der Waals surface area contributed by atoms with Crippen LogP contribution >= 0.6 is 0 Å². The van der Waals surface area contributed by atoms with Crippen LogP contribution < -0.4 is 4.74 Å². The predicted octanol–water partition coefficient (Wildman–Crippen LogP) is 2.63. The molecule has 3 nitrogen and oxygen atoms in total. The zero-order chi connectivity index (χ0) is 11.6. The molecule has 0 saturated heterocycles. The fourth-order valence-corrected chi connectivity index (χ4v) is 1.33. The summed E-state index contributed by atoms with van der Waals surface area (Å²) in [5.41, 5.74) is 1.15. The first-order valence-corrected chi connectivity index (χ1v) is 4.91. The summed E-state index contributed by atoms with van der Waals surface area (Å²) in [6.45, 7) is 7.57. The highest BCUT2D eigenvalue weighted by Crippen LogP contribution is 2.23. The van der Waals surface area contributed by atoms with E-state index in [1.807, 2.05) is 33.8 Å². The van der Waals surface area contributed by atoms with Gasteiger partial charge in [-0.3, -0.25) is 4.79 Å². The molecule has 15 heavy (non-hydrogen) atoms. The Labute approximate surface area is 90.5 Å². The summed E-state index contributed by atoms with van der Waals surface area (Å²) in [6, 6.07) is 1.82. The number of hydrogen-bond acceptors (Lipinski definition) is 3. The van der Waals surface area contributed by atoms with Crippen LogP contribution in [0, 0.1) is 12.3 Å². The Morgan fingerprint density at radius 1 is 1.40 bits per heavy atom. The van der Waals surface area contributed by atoms with Crippen molar-refractivity contribution in [3.63, 3.8) is 0 Å². The summed E-state index contributed by atoms with van der Waals surface area (Å²) in [5, 5.41) is 0. The number of ether oxygens (including phenoxy) is 1. The van der Waals surface area contributed by atoms with Gasteiger partial charge in [-0.25, -0.2) is 4.98 Å². The van der Waals surface area contributed by atoms with E-state index >= 15 is 0 Å². The molecule has 0 amide bonds. The van der Waals surface area contributed by atoms with Crippen LogP contribution in [0.2, 0.25) is 0 Å². The third kappa shape index (κ3) is 2.55. The number of nitrogens with zero attached hydrogens (tertiary/aromatic N) is 1. The Hall–Kier alpha value is -1.38. The number of carbonyl (C=O) groups excluding carboxylic acids is 1. The Kier molecular flexibility index (Phi) is 3.12. The summed E-state index contributed by atoms with van der Waals surface area (Å²) < 4.78 is 5.04. The summed E-state index contributed by atoms with van der Waals surface area (Å²) in [6.07, 6.45) is 1.57. The van der Waals surface area contributed by atoms with Gasteiger partial charge in [-0.2, -0.15) is 0 Å². The molecule has 0 spiro atoms. The lowest BCUT2D eigenvalue weighted by Crippen LogP contribution is -2.20. The van der Waals surface area contributed by atoms with E-state index in [0.717, 1.165) is 5.56 Å². The second kappa shape index (κ2) is 4.01. The third-order valence-electron chi connectivity index (χ3n) is 2.17. The maximum absolute atomic E-state index is 11.9. The van der Waals surface area contributed by atoms with E-state index in [1.165, 1.54) is 0 Å². The summed E-state index contributed by atoms with van der Waals surface area (Å²) in [5.74, 6) is 0.668. The molecule has 0 atom stereocenters. The van der Waals surface area contributed by atoms with E-state index in [0.29, 0.717) is 11.4 Å². The van der Waals surface area contributed by atoms with Gasteiger partial charge in [0.2, 0.25) is 5.88 Å². The number of carbonyl (C=O) groups is 1. The Morgan fingerprint density at radius 3 is 2.40 bits per heavy atom. The summed E-state index contributed by atoms with van der Waals surface area (Å²) in [4.78, 5) is 16.0. The minimum atomic E-state index is -0.372. The lowest BCUT2D eigenvalue weighted by molar-refractivity contribution is 0.0858. The van der Waals surface area contributed by atoms with Crippen LogP contribution in [0.5, 0.6) is 5.88 Å². The van der Waals surface area contributed by atoms with Crippen molar-refractivity contribution in [1.82, 2.24) is 4.98 Å². The van der Waals surface area contributed by atoms with Gasteiger partial charge in [0, 0.05) is 22.7 Å². The average molecular weight is 207 g/mol. The molecule has 0 N–H and O–H groups in total. The molecule has 3 heteroatoms. The topological polar surface area (TPSA) is 39.2 Å². The SMILES string of the molecule is COc1ncc(C(=O)C(C)(C)C)cc1C. The molecule has 1 aromatic rings. The van der Waals surface area contributed by atoms with Crippen LogP contribution in [0.4, 0.5) is 0 Å². The molecule has 0 saturated carbocycles. The summed E-state index contributed by atoms with van der Waals surface area (Å²) in [7, 11) is 1.57. The third-order valence-corrected chi connectivity index (χ3v) is 2.17. The van der Waals surface area contributed by atoms with Crippen molar-refractivity contribution in [2.75, 3.05) is 7.11 Å². The van der Waals surface area contributed by atoms with E-state index in [-0.39, 0.29) is 11.2 Å². The van der Waals surface area contributed by atoms with Crippen molar-refractivity contribution in [3.8, 4) is 5.88 Å². The minimum Gasteiger partial charge on any atom is -0.481 e. The van der Waals surface area contributed by atoms with Gasteiger partial charge in [0.25, 0.3) is 0 Å². The number of aryl methyl sites for hydroxylation is 1. The number of ketones is 1. The van der Waals surface area contributed by atoms with Crippen molar-refractivity contribution in [2.45, 2.75) is 27.7 Å². The predicted molar refractivity (Wildman–Crippen MR) is 59.3 cm³/mol. The van der Waals surface area contributed by atoms with E-state index < -0.39 is 0 Å². The average Bonchev–Trinajstić information content (AvgIpc) is 2.15. The molecule has 0 fully saturated rings. The van der Waals surface area contributed by atoms with Crippen LogP contribution in [0.25, 0.3) is 0 Å². The molecule has 82 valence electrons. The normalized spacial score (nSPS) is 11.3. The number of rotatable bonds is 2. The van der Waals surface area contributed by atoms with Gasteiger partial charge in [-0.05, 0) is 13.0 Å². The van der Waals surface area contributed by atoms with Crippen molar-refractivity contribution in [2.24, 2.45) is 5.41 Å². The van der Waals surface area contributed by atoms with Gasteiger partial charge in [0.15, 0.2) is 5.78 Å². The number of methoxy groups -OCH3 is 1. The molecule has 1 rings (SSSR count). The quantitative estimate of drug-likeness (QED) is 0.700. The molecule has 0 aromatic carbocycles. The fourth-order valence-electron chi connectivity index (χ4n) is 1.33. The van der Waals surface area contributed by atoms with E-state index in [4.69, 9.17) is 4.74 Å². The molecule has 0 aliphatic heterocycles. The molecule has 0 bridgehead atoms. The second-order valence-electron chi connectivity index (χ2n) is 4.63. The Balaban J connectivity index is 3.08. The molecule has 0 aliphatic rings. The Morgan fingerprint density at radius 2 is 2.00 bits per heavy atom. The first kappa shape index (κ1) is 11.7. The van der Waals surface area contributed by atoms with Crippen LogP contribution in [0.3, 0.4) is 0 Å². The monoisotopic (exact) mass is 207 g/mol. The van der Waals surface area contributed by atoms with Crippen LogP contribution in [-0.2, 0) is 0 Å². The molecule has 0 aliphatic carbocycles. The van der Waals surface area contributed by atoms with E-state index in [2.05, 4.69) is 4.98 Å².